The number of amides is 2. The summed E-state index contributed by atoms with van der Waals surface area (Å²) in [5, 5.41) is 3.18. The third kappa shape index (κ3) is 7.32. The summed E-state index contributed by atoms with van der Waals surface area (Å²) in [6.45, 7) is 11.2. The highest BCUT2D eigenvalue weighted by Gasteiger charge is 2.53. The molecular weight excluding hydrogens is 667 g/mol. The van der Waals surface area contributed by atoms with E-state index in [-0.39, 0.29) is 47.8 Å². The lowest BCUT2D eigenvalue weighted by Crippen LogP contribution is -2.59. The van der Waals surface area contributed by atoms with Crippen LogP contribution in [-0.2, 0) is 20.9 Å². The van der Waals surface area contributed by atoms with Crippen LogP contribution in [0, 0.1) is 29.5 Å². The molecule has 1 saturated carbocycles. The van der Waals surface area contributed by atoms with Gasteiger partial charge in [-0.3, -0.25) is 4.79 Å². The number of anilines is 1. The Labute approximate surface area is 306 Å². The number of alkyl halides is 2. The molecule has 4 atom stereocenters. The van der Waals surface area contributed by atoms with Crippen molar-refractivity contribution in [2.24, 2.45) is 23.7 Å². The Morgan fingerprint density at radius 2 is 1.63 bits per heavy atom. The molecule has 4 saturated heterocycles. The van der Waals surface area contributed by atoms with Crippen LogP contribution in [-0.4, -0.2) is 105 Å². The molecule has 5 fully saturated rings. The molecule has 4 heterocycles. The van der Waals surface area contributed by atoms with Gasteiger partial charge in [-0.15, -0.1) is 0 Å². The molecule has 0 unspecified atom stereocenters. The summed E-state index contributed by atoms with van der Waals surface area (Å²) in [6, 6.07) is 14.0. The Balaban J connectivity index is 0.995. The van der Waals surface area contributed by atoms with Gasteiger partial charge in [-0.1, -0.05) is 37.3 Å². The number of likely N-dealkylation sites (tertiary alicyclic amines) is 3. The zero-order valence-electron chi connectivity index (χ0n) is 30.5. The van der Waals surface area contributed by atoms with E-state index < -0.39 is 17.9 Å². The van der Waals surface area contributed by atoms with Crippen molar-refractivity contribution in [1.82, 2.24) is 20.0 Å². The van der Waals surface area contributed by atoms with Crippen LogP contribution in [0.2, 0.25) is 0 Å². The number of nitrogens with one attached hydrogen (secondary N) is 1. The molecule has 11 heteroatoms. The molecule has 7 rings (SSSR count). The number of hydrogen-bond acceptors (Lipinski definition) is 6. The fourth-order valence-corrected chi connectivity index (χ4v) is 10.1. The highest BCUT2D eigenvalue weighted by molar-refractivity contribution is 5.87. The van der Waals surface area contributed by atoms with Crippen molar-refractivity contribution < 1.29 is 27.5 Å². The van der Waals surface area contributed by atoms with E-state index in [1.165, 1.54) is 30.6 Å². The zero-order valence-corrected chi connectivity index (χ0v) is 30.5. The maximum atomic E-state index is 15.2. The molecule has 2 aromatic carbocycles. The van der Waals surface area contributed by atoms with Crippen molar-refractivity contribution >= 4 is 17.7 Å². The third-order valence-corrected chi connectivity index (χ3v) is 13.1. The number of methoxy groups -OCH3 is 1. The molecule has 0 radical (unpaired) electrons. The molecule has 5 aliphatic rings. The number of hydrogen-bond donors (Lipinski definition) is 1. The fourth-order valence-electron chi connectivity index (χ4n) is 10.1. The number of carbonyl (C=O) groups excluding carboxylic acids is 2. The summed E-state index contributed by atoms with van der Waals surface area (Å²) in [6.07, 6.45) is 7.95. The fraction of sp³-hybridized carbons (Fsp3) is 0.610. The Kier molecular flexibility index (Phi) is 10.9. The Bertz CT molecular complexity index is 1570. The summed E-state index contributed by atoms with van der Waals surface area (Å²) >= 11 is 0. The minimum atomic E-state index is -2.99. The Morgan fingerprint density at radius 3 is 2.29 bits per heavy atom. The second-order valence-electron chi connectivity index (χ2n) is 15.9. The summed E-state index contributed by atoms with van der Waals surface area (Å²) in [5.74, 6) is -3.37. The van der Waals surface area contributed by atoms with Gasteiger partial charge in [0.25, 0.3) is 5.92 Å². The highest BCUT2D eigenvalue weighted by Crippen LogP contribution is 2.51. The van der Waals surface area contributed by atoms with Gasteiger partial charge in [-0.25, -0.2) is 18.0 Å². The molecule has 2 aromatic rings. The van der Waals surface area contributed by atoms with Gasteiger partial charge in [-0.2, -0.15) is 0 Å². The van der Waals surface area contributed by atoms with Crippen molar-refractivity contribution in [2.45, 2.75) is 62.3 Å². The van der Waals surface area contributed by atoms with Gasteiger partial charge in [0.15, 0.2) is 0 Å². The first-order valence-corrected chi connectivity index (χ1v) is 19.3. The summed E-state index contributed by atoms with van der Waals surface area (Å²) < 4.78 is 50.5. The molecule has 1 N–H and O–H groups in total. The molecule has 0 spiro atoms. The van der Waals surface area contributed by atoms with E-state index in [1.54, 1.807) is 18.2 Å². The van der Waals surface area contributed by atoms with Crippen LogP contribution in [0.25, 0.3) is 0 Å². The van der Waals surface area contributed by atoms with Crippen molar-refractivity contribution in [1.29, 1.82) is 0 Å². The number of halogens is 3. The Morgan fingerprint density at radius 1 is 0.885 bits per heavy atom. The number of ether oxygens (including phenoxy) is 1. The van der Waals surface area contributed by atoms with Crippen molar-refractivity contribution in [3.8, 4) is 0 Å². The van der Waals surface area contributed by atoms with Gasteiger partial charge in [0, 0.05) is 62.0 Å². The van der Waals surface area contributed by atoms with Crippen LogP contribution < -0.4 is 10.2 Å². The second kappa shape index (κ2) is 15.4. The molecule has 52 heavy (non-hydrogen) atoms. The molecule has 0 bridgehead atoms. The SMILES string of the molecule is C=CC(=O)N1CC(C(F)(F)c2ccc(N3CC[C@@H](CN4CCC([C@@](CN5CCC5)(c5cccc(F)c5)[C@H]5CCC[C@@H]5NC(=O)OC)CC4)C3)cc2)C1. The normalized spacial score (nSPS) is 26.0. The topological polar surface area (TPSA) is 68.4 Å². The van der Waals surface area contributed by atoms with E-state index in [4.69, 9.17) is 4.74 Å². The van der Waals surface area contributed by atoms with Crippen molar-refractivity contribution in [3.05, 3.63) is 78.1 Å². The van der Waals surface area contributed by atoms with Gasteiger partial charge in [0.05, 0.1) is 13.0 Å². The summed E-state index contributed by atoms with van der Waals surface area (Å²) in [7, 11) is 1.41. The number of rotatable bonds is 12. The Hall–Kier alpha value is -3.57. The standard InChI is InChI=1S/C41H54F3N5O3/c1-3-38(50)49-26-33(27-49)41(43,44)31-11-13-35(14-12-31)48-22-15-29(25-48)24-46-20-16-30(17-21-46)40(28-47-18-6-19-47,32-7-4-8-34(42)23-32)36-9-5-10-37(36)45-39(51)52-2/h3-4,7-8,11-14,23,29-30,33,36-37H,1,5-6,9-10,15-22,24-28H2,2H3,(H,45,51)/t29-,36-,37-,40-/m0/s1. The van der Waals surface area contributed by atoms with Gasteiger partial charge in [-0.05, 0) is 118 Å². The zero-order chi connectivity index (χ0) is 36.5. The number of nitrogens with zero attached hydrogens (tertiary/aromatic N) is 4. The van der Waals surface area contributed by atoms with E-state index in [2.05, 4.69) is 32.7 Å². The predicted octanol–water partition coefficient (Wildman–Crippen LogP) is 6.27. The first-order chi connectivity index (χ1) is 25.1. The second-order valence-corrected chi connectivity index (χ2v) is 15.9. The average Bonchev–Trinajstić information content (AvgIpc) is 3.78. The van der Waals surface area contributed by atoms with Crippen LogP contribution >= 0.6 is 0 Å². The van der Waals surface area contributed by atoms with Crippen LogP contribution in [0.5, 0.6) is 0 Å². The average molecular weight is 722 g/mol. The number of benzene rings is 2. The first kappa shape index (κ1) is 36.8. The summed E-state index contributed by atoms with van der Waals surface area (Å²) in [5.41, 5.74) is 1.74. The molecular formula is C41H54F3N5O3. The van der Waals surface area contributed by atoms with E-state index in [0.29, 0.717) is 11.8 Å². The van der Waals surface area contributed by atoms with Crippen LogP contribution in [0.4, 0.5) is 23.7 Å². The number of alkyl carbamates (subject to hydrolysis) is 1. The molecule has 0 aromatic heterocycles. The van der Waals surface area contributed by atoms with Gasteiger partial charge in [0.1, 0.15) is 5.82 Å². The van der Waals surface area contributed by atoms with E-state index in [9.17, 15) is 14.0 Å². The highest BCUT2D eigenvalue weighted by atomic mass is 19.3. The van der Waals surface area contributed by atoms with Crippen molar-refractivity contribution in [3.63, 3.8) is 0 Å². The predicted molar refractivity (Wildman–Crippen MR) is 196 cm³/mol. The smallest absolute Gasteiger partial charge is 0.407 e. The summed E-state index contributed by atoms with van der Waals surface area (Å²) in [4.78, 5) is 33.1. The van der Waals surface area contributed by atoms with Gasteiger partial charge >= 0.3 is 6.09 Å². The largest absolute Gasteiger partial charge is 0.453 e. The third-order valence-electron chi connectivity index (χ3n) is 13.1. The van der Waals surface area contributed by atoms with E-state index in [0.717, 1.165) is 102 Å². The molecule has 1 aliphatic carbocycles. The van der Waals surface area contributed by atoms with Crippen LogP contribution in [0.3, 0.4) is 0 Å². The monoisotopic (exact) mass is 721 g/mol. The van der Waals surface area contributed by atoms with E-state index in [1.807, 2.05) is 18.2 Å². The maximum Gasteiger partial charge on any atom is 0.407 e. The van der Waals surface area contributed by atoms with Gasteiger partial charge in [0.2, 0.25) is 5.91 Å². The lowest BCUT2D eigenvalue weighted by Gasteiger charge is -2.53. The maximum absolute atomic E-state index is 15.2. The van der Waals surface area contributed by atoms with Gasteiger partial charge < -0.3 is 29.7 Å². The minimum absolute atomic E-state index is 0.000928. The van der Waals surface area contributed by atoms with Crippen molar-refractivity contribution in [2.75, 3.05) is 77.5 Å². The number of carbonyl (C=O) groups is 2. The molecule has 8 nitrogen and oxygen atoms in total. The lowest BCUT2D eigenvalue weighted by molar-refractivity contribution is -0.151. The first-order valence-electron chi connectivity index (χ1n) is 19.3. The van der Waals surface area contributed by atoms with Crippen LogP contribution in [0.1, 0.15) is 56.1 Å². The minimum Gasteiger partial charge on any atom is -0.453 e. The van der Waals surface area contributed by atoms with Crippen LogP contribution in [0.15, 0.2) is 61.2 Å². The lowest BCUT2D eigenvalue weighted by atomic mass is 9.57. The number of piperidine rings is 1. The molecule has 4 aliphatic heterocycles. The molecule has 2 amide bonds. The van der Waals surface area contributed by atoms with E-state index >= 15 is 8.78 Å². The molecule has 282 valence electrons. The quantitative estimate of drug-likeness (QED) is 0.261.